The predicted octanol–water partition coefficient (Wildman–Crippen LogP) is 7.98. The highest BCUT2D eigenvalue weighted by atomic mass is 31.2. The van der Waals surface area contributed by atoms with Crippen molar-refractivity contribution in [2.75, 3.05) is 40.6 Å². The quantitative estimate of drug-likeness (QED) is 0.0228. The zero-order valence-corrected chi connectivity index (χ0v) is 37.2. The highest BCUT2D eigenvalue weighted by Gasteiger charge is 2.32. The second kappa shape index (κ2) is 36.3. The number of nitrogens with two attached hydrogens (primary N) is 2. The van der Waals surface area contributed by atoms with E-state index in [1.807, 2.05) is 18.2 Å². The molecule has 332 valence electrons. The summed E-state index contributed by atoms with van der Waals surface area (Å²) < 4.78 is 28.7. The molecular weight excluding hydrogens is 759 g/mol. The Labute approximate surface area is 351 Å². The van der Waals surface area contributed by atoms with Gasteiger partial charge in [0.25, 0.3) is 0 Å². The number of aromatic nitrogens is 2. The minimum absolute atomic E-state index is 0.00990. The number of pyridine rings is 1. The number of aliphatic hydroxyl groups is 2. The van der Waals surface area contributed by atoms with Crippen molar-refractivity contribution in [1.29, 1.82) is 10.5 Å². The Morgan fingerprint density at radius 3 is 1.88 bits per heavy atom. The lowest BCUT2D eigenvalue weighted by atomic mass is 9.99. The minimum Gasteiger partial charge on any atom is -0.379 e. The van der Waals surface area contributed by atoms with Gasteiger partial charge in [0.05, 0.1) is 32.1 Å². The van der Waals surface area contributed by atoms with Crippen LogP contribution in [0.3, 0.4) is 0 Å². The molecule has 0 radical (unpaired) electrons. The van der Waals surface area contributed by atoms with Crippen LogP contribution in [0, 0.1) is 22.7 Å². The molecule has 0 aliphatic carbocycles. The summed E-state index contributed by atoms with van der Waals surface area (Å²) in [5, 5.41) is 35.2. The van der Waals surface area contributed by atoms with Gasteiger partial charge in [-0.05, 0) is 64.4 Å². The molecule has 58 heavy (non-hydrogen) atoms. The van der Waals surface area contributed by atoms with Crippen molar-refractivity contribution in [3.8, 4) is 12.1 Å². The monoisotopic (exact) mass is 837 g/mol. The normalized spacial score (nSPS) is 13.2. The number of nitriles is 2. The van der Waals surface area contributed by atoms with Gasteiger partial charge in [-0.25, -0.2) is 4.98 Å². The van der Waals surface area contributed by atoms with Gasteiger partial charge in [-0.2, -0.15) is 10.5 Å². The number of ether oxygens (including phenoxy) is 3. The van der Waals surface area contributed by atoms with E-state index in [4.69, 9.17) is 39.2 Å². The minimum atomic E-state index is -2.32. The van der Waals surface area contributed by atoms with Gasteiger partial charge in [0.15, 0.2) is 11.4 Å². The molecular formula is C43H77N6O8P. The fraction of sp³-hybridized carbons (Fsp3) is 0.744. The predicted molar refractivity (Wildman–Crippen MR) is 230 cm³/mol. The van der Waals surface area contributed by atoms with E-state index in [1.54, 1.807) is 18.2 Å². The maximum absolute atomic E-state index is 10.5. The standard InChI is InChI=1S/C39H64N5O6P.C3H8O2.CH5N/c1-3-4-5-6-7-8-9-10-11-12-13-14-15-16-17-18-26-47-30-38(48-29-37-21-19-20-35(27-40)44-37)31-49-51(45)50-33-39(32-42,46-2)25-24-34-22-23-36(28-41)43-34;1-3(2,4)5;1-2/h19-23,38,43,45H,3-18,24-26,28-31,33,41H2,1-2H3;4-5H,1-2H3;2H2,1H3/t38?,39-,51?;;/m1../s1. The van der Waals surface area contributed by atoms with Gasteiger partial charge < -0.3 is 54.8 Å². The lowest BCUT2D eigenvalue weighted by Gasteiger charge is -2.26. The number of aromatic amines is 1. The summed E-state index contributed by atoms with van der Waals surface area (Å²) in [6.07, 6.45) is 21.5. The molecule has 0 saturated heterocycles. The third-order valence-electron chi connectivity index (χ3n) is 9.03. The molecule has 0 aliphatic rings. The fourth-order valence-electron chi connectivity index (χ4n) is 5.74. The van der Waals surface area contributed by atoms with Crippen molar-refractivity contribution < 1.29 is 38.4 Å². The highest BCUT2D eigenvalue weighted by Crippen LogP contribution is 2.35. The van der Waals surface area contributed by atoms with Crippen LogP contribution in [0.25, 0.3) is 0 Å². The lowest BCUT2D eigenvalue weighted by Crippen LogP contribution is -2.35. The zero-order chi connectivity index (χ0) is 43.3. The van der Waals surface area contributed by atoms with E-state index >= 15 is 0 Å². The Kier molecular flexibility index (Phi) is 34.7. The van der Waals surface area contributed by atoms with E-state index in [0.717, 1.165) is 24.2 Å². The molecule has 2 rings (SSSR count). The van der Waals surface area contributed by atoms with Gasteiger partial charge in [-0.15, -0.1) is 0 Å². The van der Waals surface area contributed by atoms with E-state index in [9.17, 15) is 15.4 Å². The van der Waals surface area contributed by atoms with Gasteiger partial charge in [0.1, 0.15) is 23.9 Å². The molecule has 14 nitrogen and oxygen atoms in total. The number of nitrogens with zero attached hydrogens (tertiary/aromatic N) is 3. The summed E-state index contributed by atoms with van der Waals surface area (Å²) in [6, 6.07) is 13.2. The number of nitrogens with one attached hydrogen (secondary N) is 1. The summed E-state index contributed by atoms with van der Waals surface area (Å²) >= 11 is 0. The van der Waals surface area contributed by atoms with Crippen LogP contribution in [0.5, 0.6) is 0 Å². The summed E-state index contributed by atoms with van der Waals surface area (Å²) in [5.74, 6) is -1.50. The maximum atomic E-state index is 10.5. The number of H-pyrrole nitrogens is 1. The first-order valence-electron chi connectivity index (χ1n) is 21.1. The molecule has 2 unspecified atom stereocenters. The number of hydrogen-bond acceptors (Lipinski definition) is 13. The molecule has 0 fully saturated rings. The second-order valence-corrected chi connectivity index (χ2v) is 15.8. The van der Waals surface area contributed by atoms with Gasteiger partial charge in [0, 0.05) is 31.6 Å². The Morgan fingerprint density at radius 1 is 0.828 bits per heavy atom. The Bertz CT molecular complexity index is 1330. The SMILES string of the molecule is CC(C)(O)O.CCCCCCCCCCCCCCCCCCOCC(COP(O)OC[C@](C#N)(CCc1ccc(CN)[nH]1)OC)OCc1cccc(C#N)n1.CN. The first-order valence-corrected chi connectivity index (χ1v) is 22.3. The number of hydrogen-bond donors (Lipinski definition) is 6. The number of aryl methyl sites for hydroxylation is 1. The third kappa shape index (κ3) is 31.4. The summed E-state index contributed by atoms with van der Waals surface area (Å²) in [5.41, 5.74) is 11.7. The largest absolute Gasteiger partial charge is 0.379 e. The Balaban J connectivity index is 0.00000429. The van der Waals surface area contributed by atoms with Crippen LogP contribution in [-0.4, -0.2) is 83.2 Å². The molecule has 2 heterocycles. The van der Waals surface area contributed by atoms with Crippen LogP contribution in [0.4, 0.5) is 0 Å². The van der Waals surface area contributed by atoms with Crippen molar-refractivity contribution >= 4 is 8.60 Å². The lowest BCUT2D eigenvalue weighted by molar-refractivity contribution is -0.127. The molecule has 3 atom stereocenters. The molecule has 2 aromatic rings. The van der Waals surface area contributed by atoms with Crippen LogP contribution in [0.1, 0.15) is 153 Å². The Morgan fingerprint density at radius 2 is 1.38 bits per heavy atom. The van der Waals surface area contributed by atoms with E-state index in [2.05, 4.69) is 28.7 Å². The Hall–Kier alpha value is -2.56. The van der Waals surface area contributed by atoms with E-state index in [0.29, 0.717) is 37.4 Å². The highest BCUT2D eigenvalue weighted by molar-refractivity contribution is 7.40. The molecule has 15 heteroatoms. The van der Waals surface area contributed by atoms with Crippen LogP contribution in [-0.2, 0) is 42.8 Å². The first-order chi connectivity index (χ1) is 28.0. The maximum Gasteiger partial charge on any atom is 0.330 e. The van der Waals surface area contributed by atoms with E-state index < -0.39 is 26.1 Å². The van der Waals surface area contributed by atoms with Crippen molar-refractivity contribution in [1.82, 2.24) is 9.97 Å². The molecule has 0 aromatic carbocycles. The molecule has 0 amide bonds. The summed E-state index contributed by atoms with van der Waals surface area (Å²) in [4.78, 5) is 18.0. The topological polar surface area (TPSA) is 235 Å². The fourth-order valence-corrected chi connectivity index (χ4v) is 6.43. The van der Waals surface area contributed by atoms with Crippen molar-refractivity contribution in [3.63, 3.8) is 0 Å². The van der Waals surface area contributed by atoms with Gasteiger partial charge in [-0.1, -0.05) is 109 Å². The van der Waals surface area contributed by atoms with Crippen molar-refractivity contribution in [2.45, 2.75) is 167 Å². The smallest absolute Gasteiger partial charge is 0.330 e. The van der Waals surface area contributed by atoms with Crippen molar-refractivity contribution in [3.05, 3.63) is 53.1 Å². The van der Waals surface area contributed by atoms with Crippen LogP contribution in [0.15, 0.2) is 30.3 Å². The van der Waals surface area contributed by atoms with Gasteiger partial charge in [0.2, 0.25) is 0 Å². The molecule has 2 aromatic heterocycles. The van der Waals surface area contributed by atoms with Gasteiger partial charge in [-0.3, -0.25) is 0 Å². The average Bonchev–Trinajstić information content (AvgIpc) is 3.70. The van der Waals surface area contributed by atoms with Gasteiger partial charge >= 0.3 is 8.60 Å². The van der Waals surface area contributed by atoms with Crippen LogP contribution >= 0.6 is 8.60 Å². The number of unbranched alkanes of at least 4 members (excludes halogenated alkanes) is 15. The number of methoxy groups -OCH3 is 1. The molecule has 8 N–H and O–H groups in total. The summed E-state index contributed by atoms with van der Waals surface area (Å²) in [7, 11) is 0.632. The number of rotatable bonds is 33. The average molecular weight is 837 g/mol. The third-order valence-corrected chi connectivity index (χ3v) is 9.75. The molecule has 0 aliphatic heterocycles. The first kappa shape index (κ1) is 55.4. The molecule has 0 spiro atoms. The zero-order valence-electron chi connectivity index (χ0n) is 36.3. The van der Waals surface area contributed by atoms with Crippen LogP contribution in [0.2, 0.25) is 0 Å². The van der Waals surface area contributed by atoms with Crippen molar-refractivity contribution in [2.24, 2.45) is 11.5 Å². The van der Waals surface area contributed by atoms with Crippen LogP contribution < -0.4 is 11.5 Å². The summed E-state index contributed by atoms with van der Waals surface area (Å²) in [6.45, 7) is 6.14. The van der Waals surface area contributed by atoms with E-state index in [-0.39, 0.29) is 26.4 Å². The molecule has 0 bridgehead atoms. The second-order valence-electron chi connectivity index (χ2n) is 14.8. The van der Waals surface area contributed by atoms with E-state index in [1.165, 1.54) is 118 Å². The molecule has 0 saturated carbocycles.